The monoisotopic (exact) mass is 380 g/mol. The summed E-state index contributed by atoms with van der Waals surface area (Å²) in [7, 11) is 1.41. The zero-order chi connectivity index (χ0) is 19.2. The molecule has 0 spiro atoms. The molecule has 27 heavy (non-hydrogen) atoms. The lowest BCUT2D eigenvalue weighted by atomic mass is 10.0. The third-order valence-electron chi connectivity index (χ3n) is 4.59. The number of ether oxygens (including phenoxy) is 2. The number of hydrogen-bond acceptors (Lipinski definition) is 5. The fourth-order valence-corrected chi connectivity index (χ4v) is 3.14. The lowest BCUT2D eigenvalue weighted by Gasteiger charge is -2.32. The van der Waals surface area contributed by atoms with Crippen LogP contribution in [0.1, 0.15) is 28.8 Å². The van der Waals surface area contributed by atoms with Gasteiger partial charge in [-0.1, -0.05) is 6.07 Å². The summed E-state index contributed by atoms with van der Waals surface area (Å²) in [4.78, 5) is 14.1. The molecule has 0 aliphatic carbocycles. The van der Waals surface area contributed by atoms with Crippen LogP contribution in [0.25, 0.3) is 0 Å². The SMILES string of the molecule is COc1ccc(CNC2CCN(C(=O)c3ccoc3)CC2)cc1OC(F)F. The average molecular weight is 380 g/mol. The van der Waals surface area contributed by atoms with E-state index in [0.29, 0.717) is 25.2 Å². The van der Waals surface area contributed by atoms with Gasteiger partial charge in [-0.3, -0.25) is 4.79 Å². The Morgan fingerprint density at radius 1 is 1.30 bits per heavy atom. The van der Waals surface area contributed by atoms with Gasteiger partial charge in [-0.15, -0.1) is 0 Å². The Bertz CT molecular complexity index is 744. The van der Waals surface area contributed by atoms with E-state index in [1.54, 1.807) is 18.2 Å². The van der Waals surface area contributed by atoms with Crippen LogP contribution in [-0.4, -0.2) is 43.7 Å². The molecular formula is C19H22F2N2O4. The van der Waals surface area contributed by atoms with Crippen LogP contribution in [0.2, 0.25) is 0 Å². The van der Waals surface area contributed by atoms with Crippen molar-refractivity contribution in [2.75, 3.05) is 20.2 Å². The molecule has 146 valence electrons. The van der Waals surface area contributed by atoms with Gasteiger partial charge < -0.3 is 24.1 Å². The lowest BCUT2D eigenvalue weighted by molar-refractivity contribution is -0.0512. The molecule has 1 aromatic carbocycles. The summed E-state index contributed by atoms with van der Waals surface area (Å²) in [6, 6.07) is 6.88. The summed E-state index contributed by atoms with van der Waals surface area (Å²) in [6.07, 6.45) is 4.58. The summed E-state index contributed by atoms with van der Waals surface area (Å²) in [5.41, 5.74) is 1.38. The molecule has 1 amide bonds. The minimum atomic E-state index is -2.90. The first kappa shape index (κ1) is 19.2. The number of hydrogen-bond donors (Lipinski definition) is 1. The molecular weight excluding hydrogens is 358 g/mol. The molecule has 0 saturated carbocycles. The number of nitrogens with one attached hydrogen (secondary N) is 1. The van der Waals surface area contributed by atoms with Crippen LogP contribution < -0.4 is 14.8 Å². The number of carbonyl (C=O) groups is 1. The topological polar surface area (TPSA) is 63.9 Å². The van der Waals surface area contributed by atoms with Crippen LogP contribution in [0.15, 0.2) is 41.2 Å². The van der Waals surface area contributed by atoms with Crippen LogP contribution in [-0.2, 0) is 6.54 Å². The van der Waals surface area contributed by atoms with E-state index in [2.05, 4.69) is 10.1 Å². The highest BCUT2D eigenvalue weighted by atomic mass is 19.3. The third-order valence-corrected chi connectivity index (χ3v) is 4.59. The number of rotatable bonds is 7. The van der Waals surface area contributed by atoms with E-state index in [0.717, 1.165) is 18.4 Å². The maximum absolute atomic E-state index is 12.5. The highest BCUT2D eigenvalue weighted by Gasteiger charge is 2.24. The predicted octanol–water partition coefficient (Wildman–Crippen LogP) is 3.28. The molecule has 1 aliphatic heterocycles. The van der Waals surface area contributed by atoms with E-state index in [4.69, 9.17) is 9.15 Å². The van der Waals surface area contributed by atoms with E-state index < -0.39 is 6.61 Å². The third kappa shape index (κ3) is 4.97. The molecule has 1 aliphatic rings. The van der Waals surface area contributed by atoms with Crippen molar-refractivity contribution in [3.05, 3.63) is 47.9 Å². The normalized spacial score (nSPS) is 15.2. The number of nitrogens with zero attached hydrogens (tertiary/aromatic N) is 1. The molecule has 2 aromatic rings. The van der Waals surface area contributed by atoms with Crippen molar-refractivity contribution in [1.82, 2.24) is 10.2 Å². The summed E-state index contributed by atoms with van der Waals surface area (Å²) in [5, 5.41) is 3.41. The number of methoxy groups -OCH3 is 1. The van der Waals surface area contributed by atoms with Crippen molar-refractivity contribution in [2.45, 2.75) is 32.0 Å². The second-order valence-corrected chi connectivity index (χ2v) is 6.32. The van der Waals surface area contributed by atoms with Gasteiger partial charge in [0.15, 0.2) is 11.5 Å². The summed E-state index contributed by atoms with van der Waals surface area (Å²) in [5.74, 6) is 0.267. The zero-order valence-electron chi connectivity index (χ0n) is 15.0. The minimum absolute atomic E-state index is 0.0207. The Balaban J connectivity index is 1.50. The van der Waals surface area contributed by atoms with Crippen LogP contribution >= 0.6 is 0 Å². The second-order valence-electron chi connectivity index (χ2n) is 6.32. The molecule has 1 fully saturated rings. The van der Waals surface area contributed by atoms with Gasteiger partial charge in [0, 0.05) is 25.7 Å². The summed E-state index contributed by atoms with van der Waals surface area (Å²) < 4.78 is 39.5. The smallest absolute Gasteiger partial charge is 0.387 e. The van der Waals surface area contributed by atoms with Gasteiger partial charge in [0.1, 0.15) is 6.26 Å². The molecule has 0 atom stereocenters. The van der Waals surface area contributed by atoms with Gasteiger partial charge in [-0.2, -0.15) is 8.78 Å². The highest BCUT2D eigenvalue weighted by Crippen LogP contribution is 2.29. The van der Waals surface area contributed by atoms with E-state index in [1.165, 1.54) is 19.6 Å². The molecule has 0 radical (unpaired) electrons. The quantitative estimate of drug-likeness (QED) is 0.799. The van der Waals surface area contributed by atoms with Gasteiger partial charge in [-0.05, 0) is 36.6 Å². The summed E-state index contributed by atoms with van der Waals surface area (Å²) in [6.45, 7) is -1.07. The van der Waals surface area contributed by atoms with E-state index in [9.17, 15) is 13.6 Å². The van der Waals surface area contributed by atoms with Crippen molar-refractivity contribution in [2.24, 2.45) is 0 Å². The summed E-state index contributed by atoms with van der Waals surface area (Å²) >= 11 is 0. The Morgan fingerprint density at radius 2 is 2.07 bits per heavy atom. The van der Waals surface area contributed by atoms with Gasteiger partial charge >= 0.3 is 6.61 Å². The number of benzene rings is 1. The molecule has 6 nitrogen and oxygen atoms in total. The molecule has 1 N–H and O–H groups in total. The van der Waals surface area contributed by atoms with E-state index in [1.807, 2.05) is 11.0 Å². The first-order valence-electron chi connectivity index (χ1n) is 8.73. The number of halogens is 2. The second kappa shape index (κ2) is 8.85. The number of likely N-dealkylation sites (tertiary alicyclic amines) is 1. The van der Waals surface area contributed by atoms with Gasteiger partial charge in [0.2, 0.25) is 0 Å². The maximum atomic E-state index is 12.5. The Labute approximate surface area is 156 Å². The van der Waals surface area contributed by atoms with Crippen LogP contribution in [0.5, 0.6) is 11.5 Å². The largest absolute Gasteiger partial charge is 0.493 e. The minimum Gasteiger partial charge on any atom is -0.493 e. The lowest BCUT2D eigenvalue weighted by Crippen LogP contribution is -2.44. The van der Waals surface area contributed by atoms with Crippen molar-refractivity contribution >= 4 is 5.91 Å². The zero-order valence-corrected chi connectivity index (χ0v) is 15.0. The maximum Gasteiger partial charge on any atom is 0.387 e. The number of piperidine rings is 1. The molecule has 2 heterocycles. The standard InChI is InChI=1S/C19H22F2N2O4/c1-25-16-3-2-13(10-17(16)27-19(20)21)11-22-15-4-7-23(8-5-15)18(24)14-6-9-26-12-14/h2-3,6,9-10,12,15,19,22H,4-5,7-8,11H2,1H3. The van der Waals surface area contributed by atoms with Crippen molar-refractivity contribution in [3.63, 3.8) is 0 Å². The molecule has 1 aromatic heterocycles. The fraction of sp³-hybridized carbons (Fsp3) is 0.421. The fourth-order valence-electron chi connectivity index (χ4n) is 3.14. The number of furan rings is 1. The molecule has 0 unspecified atom stereocenters. The van der Waals surface area contributed by atoms with Crippen LogP contribution in [0.3, 0.4) is 0 Å². The highest BCUT2D eigenvalue weighted by molar-refractivity contribution is 5.93. The van der Waals surface area contributed by atoms with Gasteiger partial charge in [0.25, 0.3) is 5.91 Å². The molecule has 1 saturated heterocycles. The van der Waals surface area contributed by atoms with Gasteiger partial charge in [0.05, 0.1) is 18.9 Å². The Kier molecular flexibility index (Phi) is 6.28. The van der Waals surface area contributed by atoms with E-state index in [-0.39, 0.29) is 23.4 Å². The first-order valence-corrected chi connectivity index (χ1v) is 8.73. The average Bonchev–Trinajstić information content (AvgIpc) is 3.21. The first-order chi connectivity index (χ1) is 13.1. The predicted molar refractivity (Wildman–Crippen MR) is 94.1 cm³/mol. The van der Waals surface area contributed by atoms with Crippen molar-refractivity contribution < 1.29 is 27.5 Å². The Hall–Kier alpha value is -2.61. The van der Waals surface area contributed by atoms with Crippen LogP contribution in [0.4, 0.5) is 8.78 Å². The molecule has 0 bridgehead atoms. The number of alkyl halides is 2. The Morgan fingerprint density at radius 3 is 2.70 bits per heavy atom. The van der Waals surface area contributed by atoms with Crippen molar-refractivity contribution in [1.29, 1.82) is 0 Å². The molecule has 3 rings (SSSR count). The number of amides is 1. The van der Waals surface area contributed by atoms with E-state index >= 15 is 0 Å². The number of carbonyl (C=O) groups excluding carboxylic acids is 1. The van der Waals surface area contributed by atoms with Crippen LogP contribution in [0, 0.1) is 0 Å². The molecule has 8 heteroatoms. The van der Waals surface area contributed by atoms with Gasteiger partial charge in [-0.25, -0.2) is 0 Å². The van der Waals surface area contributed by atoms with Crippen molar-refractivity contribution in [3.8, 4) is 11.5 Å².